The molecule has 1 unspecified atom stereocenters. The first-order valence-corrected chi connectivity index (χ1v) is 6.49. The molecule has 0 aromatic heterocycles. The standard InChI is InChI=1S/C13H8Cl4/c14-10-3-1-2-8(6-10)13(17)9-4-5-11(15)12(16)7-9/h1-7,13H. The second kappa shape index (κ2) is 5.49. The molecular weight excluding hydrogens is 298 g/mol. The minimum atomic E-state index is -0.288. The monoisotopic (exact) mass is 304 g/mol. The lowest BCUT2D eigenvalue weighted by atomic mass is 10.0. The molecule has 2 aromatic rings. The van der Waals surface area contributed by atoms with Gasteiger partial charge in [-0.25, -0.2) is 0 Å². The highest BCUT2D eigenvalue weighted by Gasteiger charge is 2.12. The molecule has 2 aromatic carbocycles. The minimum absolute atomic E-state index is 0.288. The van der Waals surface area contributed by atoms with Crippen molar-refractivity contribution >= 4 is 46.4 Å². The molecule has 88 valence electrons. The molecule has 0 aliphatic carbocycles. The van der Waals surface area contributed by atoms with Gasteiger partial charge in [0.1, 0.15) is 0 Å². The minimum Gasteiger partial charge on any atom is -0.113 e. The van der Waals surface area contributed by atoms with Crippen molar-refractivity contribution in [2.45, 2.75) is 5.38 Å². The van der Waals surface area contributed by atoms with Crippen molar-refractivity contribution in [1.82, 2.24) is 0 Å². The summed E-state index contributed by atoms with van der Waals surface area (Å²) in [7, 11) is 0. The molecule has 1 atom stereocenters. The summed E-state index contributed by atoms with van der Waals surface area (Å²) < 4.78 is 0. The van der Waals surface area contributed by atoms with Crippen LogP contribution in [0.4, 0.5) is 0 Å². The van der Waals surface area contributed by atoms with Crippen molar-refractivity contribution in [3.05, 3.63) is 68.7 Å². The Morgan fingerprint density at radius 2 is 1.47 bits per heavy atom. The Bertz CT molecular complexity index is 537. The zero-order valence-corrected chi connectivity index (χ0v) is 11.7. The molecule has 0 fully saturated rings. The highest BCUT2D eigenvalue weighted by molar-refractivity contribution is 6.42. The van der Waals surface area contributed by atoms with Crippen molar-refractivity contribution in [3.63, 3.8) is 0 Å². The third kappa shape index (κ3) is 3.08. The Hall–Kier alpha value is -0.400. The van der Waals surface area contributed by atoms with Crippen LogP contribution < -0.4 is 0 Å². The molecule has 0 N–H and O–H groups in total. The highest BCUT2D eigenvalue weighted by atomic mass is 35.5. The van der Waals surface area contributed by atoms with Gasteiger partial charge in [0.2, 0.25) is 0 Å². The molecule has 0 amide bonds. The second-order valence-corrected chi connectivity index (χ2v) is 5.28. The Labute approximate surface area is 120 Å². The number of alkyl halides is 1. The van der Waals surface area contributed by atoms with Crippen molar-refractivity contribution in [2.24, 2.45) is 0 Å². The van der Waals surface area contributed by atoms with E-state index in [1.54, 1.807) is 12.1 Å². The average Bonchev–Trinajstić information content (AvgIpc) is 2.32. The zero-order valence-electron chi connectivity index (χ0n) is 8.63. The summed E-state index contributed by atoms with van der Waals surface area (Å²) in [5.74, 6) is 0. The molecule has 0 spiro atoms. The smallest absolute Gasteiger partial charge is 0.0836 e. The van der Waals surface area contributed by atoms with Crippen LogP contribution in [0.15, 0.2) is 42.5 Å². The molecule has 2 rings (SSSR count). The van der Waals surface area contributed by atoms with Crippen molar-refractivity contribution in [2.75, 3.05) is 0 Å². The van der Waals surface area contributed by atoms with Gasteiger partial charge in [0, 0.05) is 5.02 Å². The first-order chi connectivity index (χ1) is 8.08. The molecule has 0 saturated heterocycles. The lowest BCUT2D eigenvalue weighted by Gasteiger charge is -2.11. The summed E-state index contributed by atoms with van der Waals surface area (Å²) in [4.78, 5) is 0. The van der Waals surface area contributed by atoms with Gasteiger partial charge in [-0.1, -0.05) is 53.0 Å². The highest BCUT2D eigenvalue weighted by Crippen LogP contribution is 2.33. The molecular formula is C13H8Cl4. The molecule has 0 radical (unpaired) electrons. The molecule has 0 aliphatic heterocycles. The lowest BCUT2D eigenvalue weighted by molar-refractivity contribution is 1.14. The van der Waals surface area contributed by atoms with Crippen molar-refractivity contribution < 1.29 is 0 Å². The Kier molecular flexibility index (Phi) is 4.22. The van der Waals surface area contributed by atoms with Gasteiger partial charge >= 0.3 is 0 Å². The van der Waals surface area contributed by atoms with Crippen LogP contribution in [0.3, 0.4) is 0 Å². The number of benzene rings is 2. The van der Waals surface area contributed by atoms with Gasteiger partial charge < -0.3 is 0 Å². The van der Waals surface area contributed by atoms with Crippen LogP contribution in [-0.4, -0.2) is 0 Å². The Morgan fingerprint density at radius 1 is 0.765 bits per heavy atom. The molecule has 0 nitrogen and oxygen atoms in total. The predicted molar refractivity (Wildman–Crippen MR) is 75.6 cm³/mol. The molecule has 4 heteroatoms. The third-order valence-electron chi connectivity index (χ3n) is 2.38. The molecule has 17 heavy (non-hydrogen) atoms. The Balaban J connectivity index is 2.36. The van der Waals surface area contributed by atoms with Gasteiger partial charge in [-0.05, 0) is 35.4 Å². The van der Waals surface area contributed by atoms with Crippen LogP contribution in [0, 0.1) is 0 Å². The zero-order chi connectivity index (χ0) is 12.4. The maximum Gasteiger partial charge on any atom is 0.0836 e. The van der Waals surface area contributed by atoms with Crippen molar-refractivity contribution in [1.29, 1.82) is 0 Å². The summed E-state index contributed by atoms with van der Waals surface area (Å²) in [5.41, 5.74) is 1.82. The summed E-state index contributed by atoms with van der Waals surface area (Å²) in [5, 5.41) is 1.39. The van der Waals surface area contributed by atoms with Crippen LogP contribution >= 0.6 is 46.4 Å². The van der Waals surface area contributed by atoms with E-state index in [-0.39, 0.29) is 5.38 Å². The normalized spacial score (nSPS) is 12.5. The first kappa shape index (κ1) is 13.0. The van der Waals surface area contributed by atoms with Crippen LogP contribution in [-0.2, 0) is 0 Å². The summed E-state index contributed by atoms with van der Waals surface area (Å²) in [6, 6.07) is 12.8. The SMILES string of the molecule is Clc1cccc(C(Cl)c2ccc(Cl)c(Cl)c2)c1. The van der Waals surface area contributed by atoms with Gasteiger partial charge in [-0.15, -0.1) is 11.6 Å². The average molecular weight is 306 g/mol. The summed E-state index contributed by atoms with van der Waals surface area (Å²) >= 11 is 24.1. The van der Waals surface area contributed by atoms with E-state index in [0.29, 0.717) is 15.1 Å². The van der Waals surface area contributed by atoms with E-state index in [0.717, 1.165) is 11.1 Å². The first-order valence-electron chi connectivity index (χ1n) is 4.92. The fourth-order valence-corrected chi connectivity index (χ4v) is 2.30. The third-order valence-corrected chi connectivity index (χ3v) is 3.86. The maximum atomic E-state index is 6.37. The number of rotatable bonds is 2. The number of hydrogen-bond donors (Lipinski definition) is 0. The van der Waals surface area contributed by atoms with Crippen LogP contribution in [0.25, 0.3) is 0 Å². The quantitative estimate of drug-likeness (QED) is 0.599. The lowest BCUT2D eigenvalue weighted by Crippen LogP contribution is -1.93. The summed E-state index contributed by atoms with van der Waals surface area (Å²) in [6.07, 6.45) is 0. The topological polar surface area (TPSA) is 0 Å². The van der Waals surface area contributed by atoms with Crippen LogP contribution in [0.5, 0.6) is 0 Å². The molecule has 0 aliphatic rings. The molecule has 0 heterocycles. The van der Waals surface area contributed by atoms with E-state index in [9.17, 15) is 0 Å². The largest absolute Gasteiger partial charge is 0.113 e. The van der Waals surface area contributed by atoms with Gasteiger partial charge in [0.05, 0.1) is 15.4 Å². The summed E-state index contributed by atoms with van der Waals surface area (Å²) in [6.45, 7) is 0. The van der Waals surface area contributed by atoms with E-state index in [4.69, 9.17) is 46.4 Å². The van der Waals surface area contributed by atoms with Crippen LogP contribution in [0.2, 0.25) is 15.1 Å². The van der Waals surface area contributed by atoms with Gasteiger partial charge in [-0.2, -0.15) is 0 Å². The van der Waals surface area contributed by atoms with E-state index in [1.165, 1.54) is 0 Å². The number of hydrogen-bond acceptors (Lipinski definition) is 0. The van der Waals surface area contributed by atoms with Gasteiger partial charge in [-0.3, -0.25) is 0 Å². The molecule has 0 bridgehead atoms. The number of halogens is 4. The predicted octanol–water partition coefficient (Wildman–Crippen LogP) is 5.98. The van der Waals surface area contributed by atoms with Gasteiger partial charge in [0.25, 0.3) is 0 Å². The van der Waals surface area contributed by atoms with E-state index >= 15 is 0 Å². The van der Waals surface area contributed by atoms with Crippen LogP contribution in [0.1, 0.15) is 16.5 Å². The van der Waals surface area contributed by atoms with E-state index in [2.05, 4.69) is 0 Å². The Morgan fingerprint density at radius 3 is 2.12 bits per heavy atom. The van der Waals surface area contributed by atoms with E-state index < -0.39 is 0 Å². The molecule has 0 saturated carbocycles. The fraction of sp³-hybridized carbons (Fsp3) is 0.0769. The van der Waals surface area contributed by atoms with Gasteiger partial charge in [0.15, 0.2) is 0 Å². The fourth-order valence-electron chi connectivity index (χ4n) is 1.53. The maximum absolute atomic E-state index is 6.37. The van der Waals surface area contributed by atoms with E-state index in [1.807, 2.05) is 30.3 Å². The second-order valence-electron chi connectivity index (χ2n) is 3.59. The van der Waals surface area contributed by atoms with Crippen molar-refractivity contribution in [3.8, 4) is 0 Å².